The predicted octanol–water partition coefficient (Wildman–Crippen LogP) is 3.78. The Morgan fingerprint density at radius 3 is 2.59 bits per heavy atom. The number of carbonyl (C=O) groups is 1. The Morgan fingerprint density at radius 2 is 2.00 bits per heavy atom. The van der Waals surface area contributed by atoms with Gasteiger partial charge in [-0.05, 0) is 56.2 Å². The van der Waals surface area contributed by atoms with E-state index in [2.05, 4.69) is 15.2 Å². The van der Waals surface area contributed by atoms with Crippen LogP contribution in [0.2, 0.25) is 0 Å². The van der Waals surface area contributed by atoms with Gasteiger partial charge in [-0.3, -0.25) is 9.79 Å². The number of carbonyl (C=O) groups excluding carboxylic acids is 1. The van der Waals surface area contributed by atoms with Crippen molar-refractivity contribution in [2.24, 2.45) is 10.9 Å². The maximum atomic E-state index is 12.9. The third kappa shape index (κ3) is 8.25. The highest BCUT2D eigenvalue weighted by molar-refractivity contribution is 14.0. The first kappa shape index (κ1) is 24.0. The van der Waals surface area contributed by atoms with Crippen molar-refractivity contribution < 1.29 is 13.9 Å². The molecule has 1 saturated heterocycles. The van der Waals surface area contributed by atoms with E-state index in [-0.39, 0.29) is 41.7 Å². The van der Waals surface area contributed by atoms with Crippen LogP contribution in [0.15, 0.2) is 34.2 Å². The molecule has 2 rings (SSSR count). The quantitative estimate of drug-likeness (QED) is 0.152. The van der Waals surface area contributed by atoms with Gasteiger partial charge >= 0.3 is 5.97 Å². The molecule has 1 heterocycles. The number of esters is 1. The molecule has 1 aliphatic rings. The summed E-state index contributed by atoms with van der Waals surface area (Å²) in [5, 5.41) is 3.39. The second-order valence-electron chi connectivity index (χ2n) is 6.14. The van der Waals surface area contributed by atoms with Gasteiger partial charge in [0.25, 0.3) is 0 Å². The Bertz CT molecular complexity index is 593. The Labute approximate surface area is 182 Å². The summed E-state index contributed by atoms with van der Waals surface area (Å²) < 4.78 is 18.0. The van der Waals surface area contributed by atoms with E-state index in [4.69, 9.17) is 4.74 Å². The van der Waals surface area contributed by atoms with Crippen molar-refractivity contribution in [3.8, 4) is 0 Å². The number of rotatable bonds is 7. The number of guanidine groups is 1. The van der Waals surface area contributed by atoms with E-state index in [0.29, 0.717) is 6.61 Å². The fourth-order valence-electron chi connectivity index (χ4n) is 2.91. The number of benzene rings is 1. The minimum atomic E-state index is -0.202. The number of nitrogens with one attached hydrogen (secondary N) is 1. The molecule has 1 N–H and O–H groups in total. The highest BCUT2D eigenvalue weighted by Gasteiger charge is 2.27. The van der Waals surface area contributed by atoms with Crippen LogP contribution in [-0.4, -0.2) is 55.9 Å². The standard InChI is InChI=1S/C19H28FN3O2S.HI/c1-3-25-18(24)15-9-12-23(13-10-15)19(21-2)22-11-4-14-26-17-7-5-16(20)6-8-17;/h5-8,15H,3-4,9-14H2,1-2H3,(H,21,22);1H. The van der Waals surface area contributed by atoms with Gasteiger partial charge in [0.15, 0.2) is 5.96 Å². The smallest absolute Gasteiger partial charge is 0.309 e. The molecule has 0 saturated carbocycles. The first-order valence-corrected chi connectivity index (χ1v) is 10.1. The highest BCUT2D eigenvalue weighted by atomic mass is 127. The lowest BCUT2D eigenvalue weighted by Crippen LogP contribution is -2.47. The second kappa shape index (κ2) is 13.2. The summed E-state index contributed by atoms with van der Waals surface area (Å²) in [5.41, 5.74) is 0. The zero-order valence-electron chi connectivity index (χ0n) is 15.9. The molecule has 0 unspecified atom stereocenters. The van der Waals surface area contributed by atoms with E-state index in [0.717, 1.165) is 55.5 Å². The first-order valence-electron chi connectivity index (χ1n) is 9.14. The fraction of sp³-hybridized carbons (Fsp3) is 0.579. The summed E-state index contributed by atoms with van der Waals surface area (Å²) in [6.45, 7) is 4.74. The molecule has 0 bridgehead atoms. The summed E-state index contributed by atoms with van der Waals surface area (Å²) in [5.74, 6) is 1.58. The van der Waals surface area contributed by atoms with Crippen molar-refractivity contribution in [1.29, 1.82) is 0 Å². The predicted molar refractivity (Wildman–Crippen MR) is 119 cm³/mol. The Hall–Kier alpha value is -1.03. The maximum Gasteiger partial charge on any atom is 0.309 e. The molecule has 1 aromatic carbocycles. The van der Waals surface area contributed by atoms with Gasteiger partial charge in [0.05, 0.1) is 12.5 Å². The topological polar surface area (TPSA) is 53.9 Å². The zero-order chi connectivity index (χ0) is 18.8. The van der Waals surface area contributed by atoms with E-state index < -0.39 is 0 Å². The molecule has 8 heteroatoms. The summed E-state index contributed by atoms with van der Waals surface area (Å²) in [6.07, 6.45) is 2.60. The summed E-state index contributed by atoms with van der Waals surface area (Å²) in [7, 11) is 1.78. The van der Waals surface area contributed by atoms with E-state index >= 15 is 0 Å². The lowest BCUT2D eigenvalue weighted by Gasteiger charge is -2.33. The number of piperidine rings is 1. The Morgan fingerprint density at radius 1 is 1.33 bits per heavy atom. The van der Waals surface area contributed by atoms with Crippen molar-refractivity contribution in [1.82, 2.24) is 10.2 Å². The molecule has 0 aromatic heterocycles. The van der Waals surface area contributed by atoms with Crippen LogP contribution in [0, 0.1) is 11.7 Å². The van der Waals surface area contributed by atoms with Gasteiger partial charge in [0, 0.05) is 31.6 Å². The summed E-state index contributed by atoms with van der Waals surface area (Å²) in [6, 6.07) is 6.59. The van der Waals surface area contributed by atoms with Gasteiger partial charge in [-0.2, -0.15) is 0 Å². The van der Waals surface area contributed by atoms with Crippen LogP contribution in [-0.2, 0) is 9.53 Å². The lowest BCUT2D eigenvalue weighted by molar-refractivity contribution is -0.149. The van der Waals surface area contributed by atoms with Crippen LogP contribution in [0.1, 0.15) is 26.2 Å². The number of halogens is 2. The second-order valence-corrected chi connectivity index (χ2v) is 7.31. The molecule has 1 aliphatic heterocycles. The number of ether oxygens (including phenoxy) is 1. The van der Waals surface area contributed by atoms with Gasteiger partial charge in [0.1, 0.15) is 5.82 Å². The average molecular weight is 509 g/mol. The maximum absolute atomic E-state index is 12.9. The largest absolute Gasteiger partial charge is 0.466 e. The van der Waals surface area contributed by atoms with Gasteiger partial charge in [-0.15, -0.1) is 35.7 Å². The van der Waals surface area contributed by atoms with Crippen molar-refractivity contribution in [3.63, 3.8) is 0 Å². The van der Waals surface area contributed by atoms with Gasteiger partial charge in [-0.1, -0.05) is 0 Å². The minimum absolute atomic E-state index is 0. The van der Waals surface area contributed by atoms with E-state index in [9.17, 15) is 9.18 Å². The molecular weight excluding hydrogens is 480 g/mol. The molecule has 0 amide bonds. The highest BCUT2D eigenvalue weighted by Crippen LogP contribution is 2.20. The molecule has 0 atom stereocenters. The van der Waals surface area contributed by atoms with Crippen LogP contribution in [0.25, 0.3) is 0 Å². The molecule has 1 fully saturated rings. The van der Waals surface area contributed by atoms with Gasteiger partial charge < -0.3 is 15.0 Å². The number of nitrogens with zero attached hydrogens (tertiary/aromatic N) is 2. The SMILES string of the molecule is CCOC(=O)C1CCN(C(=NC)NCCCSc2ccc(F)cc2)CC1.I. The van der Waals surface area contributed by atoms with Crippen LogP contribution in [0.4, 0.5) is 4.39 Å². The molecule has 5 nitrogen and oxygen atoms in total. The molecular formula is C19H29FIN3O2S. The monoisotopic (exact) mass is 509 g/mol. The van der Waals surface area contributed by atoms with E-state index in [1.165, 1.54) is 12.1 Å². The Kier molecular flexibility index (Phi) is 11.7. The molecule has 152 valence electrons. The summed E-state index contributed by atoms with van der Waals surface area (Å²) >= 11 is 1.72. The van der Waals surface area contributed by atoms with E-state index in [1.807, 2.05) is 6.92 Å². The molecule has 0 radical (unpaired) electrons. The number of hydrogen-bond donors (Lipinski definition) is 1. The van der Waals surface area contributed by atoms with Crippen molar-refractivity contribution >= 4 is 47.7 Å². The zero-order valence-corrected chi connectivity index (χ0v) is 19.1. The van der Waals surface area contributed by atoms with Crippen LogP contribution in [0.3, 0.4) is 0 Å². The van der Waals surface area contributed by atoms with E-state index in [1.54, 1.807) is 30.9 Å². The number of hydrogen-bond acceptors (Lipinski definition) is 4. The minimum Gasteiger partial charge on any atom is -0.466 e. The third-order valence-corrected chi connectivity index (χ3v) is 5.41. The van der Waals surface area contributed by atoms with Crippen LogP contribution in [0.5, 0.6) is 0 Å². The first-order chi connectivity index (χ1) is 12.6. The van der Waals surface area contributed by atoms with Crippen molar-refractivity contribution in [2.45, 2.75) is 31.1 Å². The van der Waals surface area contributed by atoms with Gasteiger partial charge in [-0.25, -0.2) is 4.39 Å². The lowest BCUT2D eigenvalue weighted by atomic mass is 9.97. The summed E-state index contributed by atoms with van der Waals surface area (Å²) in [4.78, 5) is 19.4. The number of likely N-dealkylation sites (tertiary alicyclic amines) is 1. The molecule has 1 aromatic rings. The average Bonchev–Trinajstić information content (AvgIpc) is 2.66. The molecule has 0 spiro atoms. The van der Waals surface area contributed by atoms with Gasteiger partial charge in [0.2, 0.25) is 0 Å². The number of thioether (sulfide) groups is 1. The normalized spacial score (nSPS) is 15.2. The number of aliphatic imine (C=N–C) groups is 1. The van der Waals surface area contributed by atoms with Crippen molar-refractivity contribution in [2.75, 3.05) is 39.0 Å². The fourth-order valence-corrected chi connectivity index (χ4v) is 3.77. The van der Waals surface area contributed by atoms with Crippen LogP contribution < -0.4 is 5.32 Å². The Balaban J connectivity index is 0.00000364. The molecule has 27 heavy (non-hydrogen) atoms. The van der Waals surface area contributed by atoms with Crippen LogP contribution >= 0.6 is 35.7 Å². The third-order valence-electron chi connectivity index (χ3n) is 4.31. The molecule has 0 aliphatic carbocycles. The van der Waals surface area contributed by atoms with Crippen molar-refractivity contribution in [3.05, 3.63) is 30.1 Å².